The molecule has 1 aliphatic heterocycles. The fourth-order valence-corrected chi connectivity index (χ4v) is 2.49. The molecule has 2 heterocycles. The van der Waals surface area contributed by atoms with E-state index in [4.69, 9.17) is 0 Å². The van der Waals surface area contributed by atoms with E-state index in [-0.39, 0.29) is 5.41 Å². The summed E-state index contributed by atoms with van der Waals surface area (Å²) in [5.74, 6) is 0. The van der Waals surface area contributed by atoms with Crippen molar-refractivity contribution < 1.29 is 0 Å². The van der Waals surface area contributed by atoms with Crippen LogP contribution in [-0.2, 0) is 0 Å². The Morgan fingerprint density at radius 1 is 1.17 bits per heavy atom. The van der Waals surface area contributed by atoms with Crippen molar-refractivity contribution in [1.29, 1.82) is 0 Å². The van der Waals surface area contributed by atoms with Crippen molar-refractivity contribution in [3.8, 4) is 0 Å². The van der Waals surface area contributed by atoms with Gasteiger partial charge in [0.2, 0.25) is 0 Å². The quantitative estimate of drug-likeness (QED) is 0.747. The standard InChI is InChI=1S/C16H18N2/c1-12-10-18(11-16(12,2)3)15-8-9-17-14-7-5-4-6-13(14)15/h4-10H,11H2,1-3H3. The molecule has 2 heteroatoms. The number of nitrogens with zero attached hydrogens (tertiary/aromatic N) is 2. The van der Waals surface area contributed by atoms with Crippen LogP contribution in [0.15, 0.2) is 48.3 Å². The molecule has 0 atom stereocenters. The minimum absolute atomic E-state index is 0.254. The normalized spacial score (nSPS) is 18.2. The minimum Gasteiger partial charge on any atom is -0.347 e. The summed E-state index contributed by atoms with van der Waals surface area (Å²) in [5, 5.41) is 1.22. The lowest BCUT2D eigenvalue weighted by atomic mass is 9.88. The van der Waals surface area contributed by atoms with Crippen molar-refractivity contribution >= 4 is 16.6 Å². The molecule has 0 saturated heterocycles. The molecule has 0 fully saturated rings. The second-order valence-electron chi connectivity index (χ2n) is 5.67. The van der Waals surface area contributed by atoms with Crippen LogP contribution >= 0.6 is 0 Å². The van der Waals surface area contributed by atoms with E-state index in [1.807, 2.05) is 12.3 Å². The van der Waals surface area contributed by atoms with Gasteiger partial charge in [-0.2, -0.15) is 0 Å². The molecule has 0 bridgehead atoms. The third kappa shape index (κ3) is 1.69. The van der Waals surface area contributed by atoms with Crippen molar-refractivity contribution in [2.24, 2.45) is 5.41 Å². The topological polar surface area (TPSA) is 16.1 Å². The number of fused-ring (bicyclic) bond motifs is 1. The summed E-state index contributed by atoms with van der Waals surface area (Å²) in [6.07, 6.45) is 4.16. The first-order valence-electron chi connectivity index (χ1n) is 6.37. The van der Waals surface area contributed by atoms with Crippen LogP contribution in [0.3, 0.4) is 0 Å². The molecule has 0 radical (unpaired) electrons. The number of anilines is 1. The van der Waals surface area contributed by atoms with Gasteiger partial charge in [0.15, 0.2) is 0 Å². The summed E-state index contributed by atoms with van der Waals surface area (Å²) in [6.45, 7) is 7.83. The lowest BCUT2D eigenvalue weighted by Crippen LogP contribution is -2.23. The lowest BCUT2D eigenvalue weighted by molar-refractivity contribution is 0.485. The number of benzene rings is 1. The van der Waals surface area contributed by atoms with E-state index in [0.29, 0.717) is 0 Å². The van der Waals surface area contributed by atoms with Crippen LogP contribution in [0.5, 0.6) is 0 Å². The van der Waals surface area contributed by atoms with Crippen LogP contribution in [0.2, 0.25) is 0 Å². The fraction of sp³-hybridized carbons (Fsp3) is 0.312. The zero-order chi connectivity index (χ0) is 12.8. The van der Waals surface area contributed by atoms with Gasteiger partial charge in [-0.3, -0.25) is 4.98 Å². The molecular weight excluding hydrogens is 220 g/mol. The van der Waals surface area contributed by atoms with E-state index in [0.717, 1.165) is 12.1 Å². The number of pyridine rings is 1. The van der Waals surface area contributed by atoms with Crippen molar-refractivity contribution in [3.05, 3.63) is 48.3 Å². The number of aromatic nitrogens is 1. The molecule has 18 heavy (non-hydrogen) atoms. The maximum Gasteiger partial charge on any atom is 0.0722 e. The number of hydrogen-bond acceptors (Lipinski definition) is 2. The van der Waals surface area contributed by atoms with E-state index in [1.165, 1.54) is 16.6 Å². The molecule has 0 unspecified atom stereocenters. The Morgan fingerprint density at radius 2 is 1.94 bits per heavy atom. The maximum atomic E-state index is 4.42. The van der Waals surface area contributed by atoms with Crippen molar-refractivity contribution in [3.63, 3.8) is 0 Å². The predicted octanol–water partition coefficient (Wildman–Crippen LogP) is 3.98. The third-order valence-corrected chi connectivity index (χ3v) is 3.92. The molecule has 92 valence electrons. The highest BCUT2D eigenvalue weighted by Crippen LogP contribution is 2.37. The average Bonchev–Trinajstić information content (AvgIpc) is 2.63. The summed E-state index contributed by atoms with van der Waals surface area (Å²) in [4.78, 5) is 6.77. The molecule has 0 saturated carbocycles. The van der Waals surface area contributed by atoms with Gasteiger partial charge in [0.25, 0.3) is 0 Å². The Kier molecular flexibility index (Phi) is 2.40. The molecule has 0 amide bonds. The Hall–Kier alpha value is -1.83. The van der Waals surface area contributed by atoms with Gasteiger partial charge >= 0.3 is 0 Å². The summed E-state index contributed by atoms with van der Waals surface area (Å²) in [5.41, 5.74) is 4.00. The van der Waals surface area contributed by atoms with Crippen molar-refractivity contribution in [1.82, 2.24) is 4.98 Å². The Morgan fingerprint density at radius 3 is 2.67 bits per heavy atom. The third-order valence-electron chi connectivity index (χ3n) is 3.92. The van der Waals surface area contributed by atoms with Gasteiger partial charge in [-0.05, 0) is 24.6 Å². The van der Waals surface area contributed by atoms with Gasteiger partial charge in [0.1, 0.15) is 0 Å². The smallest absolute Gasteiger partial charge is 0.0722 e. The predicted molar refractivity (Wildman–Crippen MR) is 76.6 cm³/mol. The Labute approximate surface area is 108 Å². The molecule has 2 aromatic rings. The highest BCUT2D eigenvalue weighted by atomic mass is 15.1. The zero-order valence-electron chi connectivity index (χ0n) is 11.1. The van der Waals surface area contributed by atoms with Crippen LogP contribution in [0.25, 0.3) is 10.9 Å². The molecule has 0 aliphatic carbocycles. The lowest BCUT2D eigenvalue weighted by Gasteiger charge is -2.24. The first-order valence-corrected chi connectivity index (χ1v) is 6.37. The zero-order valence-corrected chi connectivity index (χ0v) is 11.1. The number of rotatable bonds is 1. The molecule has 2 nitrogen and oxygen atoms in total. The van der Waals surface area contributed by atoms with Gasteiger partial charge in [-0.1, -0.05) is 32.0 Å². The molecule has 1 aromatic carbocycles. The van der Waals surface area contributed by atoms with E-state index >= 15 is 0 Å². The van der Waals surface area contributed by atoms with Gasteiger partial charge in [0, 0.05) is 29.7 Å². The van der Waals surface area contributed by atoms with Crippen molar-refractivity contribution in [2.75, 3.05) is 11.4 Å². The molecule has 0 spiro atoms. The number of para-hydroxylation sites is 1. The van der Waals surface area contributed by atoms with Crippen LogP contribution in [0.4, 0.5) is 5.69 Å². The maximum absolute atomic E-state index is 4.42. The van der Waals surface area contributed by atoms with Crippen molar-refractivity contribution in [2.45, 2.75) is 20.8 Å². The second-order valence-corrected chi connectivity index (χ2v) is 5.67. The summed E-state index contributed by atoms with van der Waals surface area (Å²) in [6, 6.07) is 10.4. The summed E-state index contributed by atoms with van der Waals surface area (Å²) >= 11 is 0. The summed E-state index contributed by atoms with van der Waals surface area (Å²) in [7, 11) is 0. The first-order chi connectivity index (χ1) is 8.58. The second kappa shape index (κ2) is 3.84. The van der Waals surface area contributed by atoms with Gasteiger partial charge < -0.3 is 4.90 Å². The van der Waals surface area contributed by atoms with E-state index in [9.17, 15) is 0 Å². The fourth-order valence-electron chi connectivity index (χ4n) is 2.49. The minimum atomic E-state index is 0.254. The largest absolute Gasteiger partial charge is 0.347 e. The summed E-state index contributed by atoms with van der Waals surface area (Å²) < 4.78 is 0. The van der Waals surface area contributed by atoms with Crippen LogP contribution in [0.1, 0.15) is 20.8 Å². The highest BCUT2D eigenvalue weighted by Gasteiger charge is 2.30. The van der Waals surface area contributed by atoms with Gasteiger partial charge in [-0.15, -0.1) is 0 Å². The highest BCUT2D eigenvalue weighted by molar-refractivity contribution is 5.92. The Bertz CT molecular complexity index is 621. The van der Waals surface area contributed by atoms with Crippen LogP contribution < -0.4 is 4.90 Å². The van der Waals surface area contributed by atoms with Gasteiger partial charge in [0.05, 0.1) is 11.2 Å². The molecule has 1 aromatic heterocycles. The average molecular weight is 238 g/mol. The van der Waals surface area contributed by atoms with E-state index < -0.39 is 0 Å². The number of hydrogen-bond donors (Lipinski definition) is 0. The first kappa shape index (κ1) is 11.3. The molecule has 0 N–H and O–H groups in total. The van der Waals surface area contributed by atoms with E-state index in [1.54, 1.807) is 0 Å². The molecule has 3 rings (SSSR count). The SMILES string of the molecule is CC1=CN(c2ccnc3ccccc23)CC1(C)C. The van der Waals surface area contributed by atoms with Crippen LogP contribution in [-0.4, -0.2) is 11.5 Å². The molecule has 1 aliphatic rings. The van der Waals surface area contributed by atoms with Crippen LogP contribution in [0, 0.1) is 5.41 Å². The van der Waals surface area contributed by atoms with E-state index in [2.05, 4.69) is 61.1 Å². The van der Waals surface area contributed by atoms with Gasteiger partial charge in [-0.25, -0.2) is 0 Å². The Balaban J connectivity index is 2.12. The molecular formula is C16H18N2. The monoisotopic (exact) mass is 238 g/mol.